The van der Waals surface area contributed by atoms with Gasteiger partial charge in [-0.15, -0.1) is 0 Å². The van der Waals surface area contributed by atoms with Crippen molar-refractivity contribution in [3.8, 4) is 0 Å². The third-order valence-electron chi connectivity index (χ3n) is 5.98. The molecule has 0 bridgehead atoms. The summed E-state index contributed by atoms with van der Waals surface area (Å²) in [6.45, 7) is 10.8. The Bertz CT molecular complexity index is 624. The second kappa shape index (κ2) is 9.91. The lowest BCUT2D eigenvalue weighted by Gasteiger charge is -2.34. The molecule has 1 fully saturated rings. The maximum Gasteiger partial charge on any atom is 0.224 e. The van der Waals surface area contributed by atoms with Crippen molar-refractivity contribution in [3.05, 3.63) is 29.8 Å². The van der Waals surface area contributed by atoms with E-state index in [9.17, 15) is 9.59 Å². The predicted molar refractivity (Wildman–Crippen MR) is 112 cm³/mol. The van der Waals surface area contributed by atoms with E-state index in [1.807, 2.05) is 31.2 Å². The van der Waals surface area contributed by atoms with Crippen LogP contribution in [0.2, 0.25) is 0 Å². The molecule has 0 aromatic heterocycles. The van der Waals surface area contributed by atoms with Crippen LogP contribution >= 0.6 is 0 Å². The Labute approximate surface area is 164 Å². The number of nitrogens with one attached hydrogen (secondary N) is 2. The summed E-state index contributed by atoms with van der Waals surface area (Å²) >= 11 is 0. The monoisotopic (exact) mass is 372 g/mol. The van der Waals surface area contributed by atoms with Crippen LogP contribution in [-0.4, -0.2) is 17.9 Å². The molecule has 150 valence electrons. The first-order valence-electron chi connectivity index (χ1n) is 10.5. The molecule has 1 aliphatic carbocycles. The highest BCUT2D eigenvalue weighted by atomic mass is 16.2. The Balaban J connectivity index is 1.76. The van der Waals surface area contributed by atoms with Gasteiger partial charge in [-0.1, -0.05) is 59.6 Å². The number of benzene rings is 1. The second-order valence-electron chi connectivity index (χ2n) is 8.78. The quantitative estimate of drug-likeness (QED) is 0.699. The van der Waals surface area contributed by atoms with Crippen LogP contribution in [0.5, 0.6) is 0 Å². The van der Waals surface area contributed by atoms with Gasteiger partial charge in [0, 0.05) is 24.6 Å². The lowest BCUT2D eigenvalue weighted by molar-refractivity contribution is -0.123. The van der Waals surface area contributed by atoms with E-state index < -0.39 is 0 Å². The van der Waals surface area contributed by atoms with Crippen LogP contribution in [0.4, 0.5) is 5.69 Å². The van der Waals surface area contributed by atoms with Gasteiger partial charge in [0.1, 0.15) is 0 Å². The maximum absolute atomic E-state index is 12.4. The zero-order valence-electron chi connectivity index (χ0n) is 17.5. The Morgan fingerprint density at radius 3 is 2.26 bits per heavy atom. The molecule has 1 aromatic rings. The molecule has 2 rings (SSSR count). The number of hydrogen-bond donors (Lipinski definition) is 2. The van der Waals surface area contributed by atoms with E-state index in [0.717, 1.165) is 12.1 Å². The fraction of sp³-hybridized carbons (Fsp3) is 0.652. The van der Waals surface area contributed by atoms with Gasteiger partial charge in [-0.05, 0) is 47.8 Å². The molecule has 0 radical (unpaired) electrons. The number of hydrogen-bond acceptors (Lipinski definition) is 2. The average molecular weight is 373 g/mol. The molecule has 2 amide bonds. The summed E-state index contributed by atoms with van der Waals surface area (Å²) in [4.78, 5) is 24.6. The van der Waals surface area contributed by atoms with Crippen LogP contribution in [0, 0.1) is 17.8 Å². The van der Waals surface area contributed by atoms with Crippen molar-refractivity contribution in [1.82, 2.24) is 5.32 Å². The molecule has 0 unspecified atom stereocenters. The Morgan fingerprint density at radius 2 is 1.63 bits per heavy atom. The third-order valence-corrected chi connectivity index (χ3v) is 5.98. The van der Waals surface area contributed by atoms with Gasteiger partial charge in [-0.25, -0.2) is 0 Å². The second-order valence-corrected chi connectivity index (χ2v) is 8.78. The Hall–Kier alpha value is -1.84. The van der Waals surface area contributed by atoms with Crippen molar-refractivity contribution < 1.29 is 9.59 Å². The van der Waals surface area contributed by atoms with Gasteiger partial charge in [0.25, 0.3) is 0 Å². The maximum atomic E-state index is 12.4. The van der Waals surface area contributed by atoms with Crippen LogP contribution in [0.15, 0.2) is 24.3 Å². The molecule has 27 heavy (non-hydrogen) atoms. The Morgan fingerprint density at radius 1 is 1.00 bits per heavy atom. The summed E-state index contributed by atoms with van der Waals surface area (Å²) in [5.41, 5.74) is 2.07. The van der Waals surface area contributed by atoms with Crippen molar-refractivity contribution in [2.45, 2.75) is 78.7 Å². The molecule has 0 aliphatic heterocycles. The summed E-state index contributed by atoms with van der Waals surface area (Å²) < 4.78 is 0. The van der Waals surface area contributed by atoms with Crippen molar-refractivity contribution in [3.63, 3.8) is 0 Å². The van der Waals surface area contributed by atoms with E-state index in [1.54, 1.807) is 0 Å². The van der Waals surface area contributed by atoms with Crippen LogP contribution < -0.4 is 10.6 Å². The third kappa shape index (κ3) is 6.67. The van der Waals surface area contributed by atoms with Crippen LogP contribution in [0.3, 0.4) is 0 Å². The zero-order valence-corrected chi connectivity index (χ0v) is 17.5. The topological polar surface area (TPSA) is 58.2 Å². The van der Waals surface area contributed by atoms with Gasteiger partial charge < -0.3 is 10.6 Å². The summed E-state index contributed by atoms with van der Waals surface area (Å²) in [7, 11) is 0. The van der Waals surface area contributed by atoms with Gasteiger partial charge >= 0.3 is 0 Å². The first kappa shape index (κ1) is 21.5. The molecule has 0 heterocycles. The van der Waals surface area contributed by atoms with E-state index in [4.69, 9.17) is 0 Å². The van der Waals surface area contributed by atoms with Gasteiger partial charge in [0.2, 0.25) is 11.8 Å². The fourth-order valence-corrected chi connectivity index (χ4v) is 3.92. The number of carbonyl (C=O) groups excluding carboxylic acids is 2. The average Bonchev–Trinajstić information content (AvgIpc) is 2.59. The fourth-order valence-electron chi connectivity index (χ4n) is 3.92. The minimum atomic E-state index is -0.0350. The molecule has 2 N–H and O–H groups in total. The summed E-state index contributed by atoms with van der Waals surface area (Å²) in [6.07, 6.45) is 4.26. The predicted octanol–water partition coefficient (Wildman–Crippen LogP) is 5.11. The molecular weight excluding hydrogens is 336 g/mol. The lowest BCUT2D eigenvalue weighted by Crippen LogP contribution is -2.44. The van der Waals surface area contributed by atoms with Crippen LogP contribution in [0.1, 0.15) is 78.2 Å². The van der Waals surface area contributed by atoms with Gasteiger partial charge in [0.05, 0.1) is 0 Å². The molecule has 1 aliphatic rings. The highest BCUT2D eigenvalue weighted by Gasteiger charge is 2.28. The summed E-state index contributed by atoms with van der Waals surface area (Å²) in [5, 5.41) is 6.13. The van der Waals surface area contributed by atoms with E-state index in [-0.39, 0.29) is 23.8 Å². The number of anilines is 1. The number of carbonyl (C=O) groups is 2. The zero-order chi connectivity index (χ0) is 20.0. The normalized spacial score (nSPS) is 23.7. The van der Waals surface area contributed by atoms with Gasteiger partial charge in [-0.3, -0.25) is 9.59 Å². The summed E-state index contributed by atoms with van der Waals surface area (Å²) in [6, 6.07) is 8.25. The Kier molecular flexibility index (Phi) is 7.88. The van der Waals surface area contributed by atoms with Gasteiger partial charge in [0.15, 0.2) is 0 Å². The lowest BCUT2D eigenvalue weighted by atomic mass is 9.78. The van der Waals surface area contributed by atoms with Crippen LogP contribution in [0.25, 0.3) is 0 Å². The molecule has 4 heteroatoms. The van der Waals surface area contributed by atoms with E-state index in [2.05, 4.69) is 38.3 Å². The molecular formula is C23H36N2O2. The van der Waals surface area contributed by atoms with Crippen molar-refractivity contribution in [1.29, 1.82) is 0 Å². The van der Waals surface area contributed by atoms with Crippen LogP contribution in [-0.2, 0) is 9.59 Å². The highest BCUT2D eigenvalue weighted by Crippen LogP contribution is 2.29. The van der Waals surface area contributed by atoms with Gasteiger partial charge in [-0.2, -0.15) is 0 Å². The minimum Gasteiger partial charge on any atom is -0.353 e. The van der Waals surface area contributed by atoms with Crippen molar-refractivity contribution >= 4 is 17.5 Å². The molecule has 1 saturated carbocycles. The number of amides is 2. The highest BCUT2D eigenvalue weighted by molar-refractivity contribution is 5.91. The minimum absolute atomic E-state index is 0.0243. The molecule has 0 spiro atoms. The smallest absolute Gasteiger partial charge is 0.224 e. The molecule has 0 saturated heterocycles. The largest absolute Gasteiger partial charge is 0.353 e. The number of rotatable bonds is 7. The summed E-state index contributed by atoms with van der Waals surface area (Å²) in [5.74, 6) is 1.72. The standard InChI is InChI=1S/C23H36N2O2/c1-15(2)19-9-11-20(12-10-19)24-22(26)13-16(3)14-23(27)25-21-8-6-7-17(4)18(21)5/h9-12,15-18,21H,6-8,13-14H2,1-5H3,(H,24,26)(H,25,27)/t16-,17+,18-,21-/m0/s1. The van der Waals surface area contributed by atoms with E-state index in [0.29, 0.717) is 30.6 Å². The first-order chi connectivity index (χ1) is 12.8. The van der Waals surface area contributed by atoms with E-state index in [1.165, 1.54) is 18.4 Å². The molecule has 1 aromatic carbocycles. The van der Waals surface area contributed by atoms with Crippen molar-refractivity contribution in [2.75, 3.05) is 5.32 Å². The molecule has 4 atom stereocenters. The SMILES string of the molecule is CC(C)c1ccc(NC(=O)C[C@H](C)CC(=O)N[C@H]2CCC[C@@H](C)[C@@H]2C)cc1. The van der Waals surface area contributed by atoms with Crippen molar-refractivity contribution in [2.24, 2.45) is 17.8 Å². The first-order valence-corrected chi connectivity index (χ1v) is 10.5. The van der Waals surface area contributed by atoms with E-state index >= 15 is 0 Å². The molecule has 4 nitrogen and oxygen atoms in total.